The van der Waals surface area contributed by atoms with Crippen LogP contribution in [0.2, 0.25) is 5.15 Å². The van der Waals surface area contributed by atoms with E-state index in [4.69, 9.17) is 30.9 Å². The van der Waals surface area contributed by atoms with Crippen molar-refractivity contribution in [1.29, 1.82) is 0 Å². The van der Waals surface area contributed by atoms with Gasteiger partial charge in [0.2, 0.25) is 0 Å². The average Bonchev–Trinajstić information content (AvgIpc) is 3.77. The number of hydrogen-bond acceptors (Lipinski definition) is 8. The van der Waals surface area contributed by atoms with Gasteiger partial charge in [0.25, 0.3) is 0 Å². The summed E-state index contributed by atoms with van der Waals surface area (Å²) in [6.07, 6.45) is 7.28. The molecule has 11 nitrogen and oxygen atoms in total. The number of hydrogen-bond donors (Lipinski definition) is 0. The summed E-state index contributed by atoms with van der Waals surface area (Å²) in [4.78, 5) is 26.2. The van der Waals surface area contributed by atoms with Crippen LogP contribution in [-0.2, 0) is 27.7 Å². The van der Waals surface area contributed by atoms with Gasteiger partial charge in [-0.1, -0.05) is 41.9 Å². The fourth-order valence-corrected chi connectivity index (χ4v) is 7.04. The van der Waals surface area contributed by atoms with E-state index >= 15 is 0 Å². The van der Waals surface area contributed by atoms with Gasteiger partial charge in [-0.2, -0.15) is 5.10 Å². The van der Waals surface area contributed by atoms with E-state index in [1.54, 1.807) is 0 Å². The minimum absolute atomic E-state index is 0.0153. The van der Waals surface area contributed by atoms with Gasteiger partial charge < -0.3 is 28.6 Å². The lowest BCUT2D eigenvalue weighted by Gasteiger charge is -2.31. The highest BCUT2D eigenvalue weighted by Crippen LogP contribution is 2.48. The molecule has 1 aromatic carbocycles. The molecule has 0 spiro atoms. The molecule has 1 aliphatic carbocycles. The number of fused-ring (bicyclic) bond motifs is 2. The Kier molecular flexibility index (Phi) is 9.51. The summed E-state index contributed by atoms with van der Waals surface area (Å²) in [5.74, 6) is 0.345. The first kappa shape index (κ1) is 33.2. The minimum Gasteiger partial charge on any atom is -0.444 e. The molecule has 0 N–H and O–H groups in total. The fourth-order valence-electron chi connectivity index (χ4n) is 6.85. The van der Waals surface area contributed by atoms with E-state index in [9.17, 15) is 4.79 Å². The standard InChI is InChI=1S/C35H46ClN7O4/c1-34(2,3)47-33(44)41(19-13-24-11-8-7-9-12-24)16-10-17-42(28-15-18-40(6)39-28)22-25-21-27(30-29(25)45-35(4,5)46-30)43-20-14-26-31(36)37-23-38-32(26)43/h7-9,11-12,14-15,18,20,23,25,27,29-30H,10,13,16-17,19,21-22H2,1-6H3/t25-,27-,29-,30+/m1/s1. The molecule has 1 amide bonds. The van der Waals surface area contributed by atoms with Gasteiger partial charge in [-0.3, -0.25) is 4.68 Å². The number of nitrogens with zero attached hydrogens (tertiary/aromatic N) is 7. The maximum absolute atomic E-state index is 13.3. The third-order valence-electron chi connectivity index (χ3n) is 8.87. The number of rotatable bonds is 11. The zero-order chi connectivity index (χ0) is 33.3. The van der Waals surface area contributed by atoms with E-state index < -0.39 is 11.4 Å². The van der Waals surface area contributed by atoms with Crippen LogP contribution < -0.4 is 4.90 Å². The van der Waals surface area contributed by atoms with Crippen molar-refractivity contribution in [3.05, 3.63) is 71.9 Å². The van der Waals surface area contributed by atoms with Gasteiger partial charge in [-0.05, 0) is 65.5 Å². The predicted molar refractivity (Wildman–Crippen MR) is 181 cm³/mol. The summed E-state index contributed by atoms with van der Waals surface area (Å²) in [7, 11) is 1.93. The molecule has 12 heteroatoms. The first-order chi connectivity index (χ1) is 22.4. The Labute approximate surface area is 281 Å². The van der Waals surface area contributed by atoms with Crippen LogP contribution in [0.25, 0.3) is 11.0 Å². The van der Waals surface area contributed by atoms with Gasteiger partial charge in [0.15, 0.2) is 11.6 Å². The molecule has 2 fully saturated rings. The Morgan fingerprint density at radius 1 is 1.04 bits per heavy atom. The van der Waals surface area contributed by atoms with Crippen molar-refractivity contribution in [2.45, 2.75) is 83.5 Å². The lowest BCUT2D eigenvalue weighted by Crippen LogP contribution is -2.41. The van der Waals surface area contributed by atoms with Crippen molar-refractivity contribution in [3.8, 4) is 0 Å². The first-order valence-corrected chi connectivity index (χ1v) is 16.8. The molecule has 252 valence electrons. The van der Waals surface area contributed by atoms with Crippen molar-refractivity contribution in [2.75, 3.05) is 31.1 Å². The molecule has 0 unspecified atom stereocenters. The summed E-state index contributed by atoms with van der Waals surface area (Å²) < 4.78 is 22.9. The van der Waals surface area contributed by atoms with Crippen LogP contribution in [0.5, 0.6) is 0 Å². The number of aromatic nitrogens is 5. The topological polar surface area (TPSA) is 99.8 Å². The number of carbonyl (C=O) groups is 1. The molecule has 3 aromatic heterocycles. The quantitative estimate of drug-likeness (QED) is 0.173. The van der Waals surface area contributed by atoms with Crippen LogP contribution in [-0.4, -0.2) is 85.1 Å². The number of anilines is 1. The second-order valence-corrected chi connectivity index (χ2v) is 14.5. The molecular formula is C35H46ClN7O4. The number of aryl methyl sites for hydroxylation is 1. The summed E-state index contributed by atoms with van der Waals surface area (Å²) in [6, 6.07) is 14.3. The third-order valence-corrected chi connectivity index (χ3v) is 9.17. The predicted octanol–water partition coefficient (Wildman–Crippen LogP) is 6.28. The van der Waals surface area contributed by atoms with E-state index in [1.165, 1.54) is 11.9 Å². The second-order valence-electron chi connectivity index (χ2n) is 14.1. The highest BCUT2D eigenvalue weighted by atomic mass is 35.5. The Bertz CT molecular complexity index is 1670. The molecular weight excluding hydrogens is 618 g/mol. The highest BCUT2D eigenvalue weighted by Gasteiger charge is 2.55. The van der Waals surface area contributed by atoms with E-state index in [1.807, 2.05) is 94.0 Å². The van der Waals surface area contributed by atoms with Gasteiger partial charge in [-0.25, -0.2) is 14.8 Å². The largest absolute Gasteiger partial charge is 0.444 e. The molecule has 0 radical (unpaired) electrons. The van der Waals surface area contributed by atoms with Gasteiger partial charge in [0.05, 0.1) is 17.5 Å². The highest BCUT2D eigenvalue weighted by molar-refractivity contribution is 6.33. The molecule has 4 aromatic rings. The average molecular weight is 664 g/mol. The Hall–Kier alpha value is -3.67. The lowest BCUT2D eigenvalue weighted by molar-refractivity contribution is -0.159. The molecule has 4 atom stereocenters. The van der Waals surface area contributed by atoms with E-state index in [0.717, 1.165) is 42.7 Å². The molecule has 47 heavy (non-hydrogen) atoms. The molecule has 4 heterocycles. The molecule has 6 rings (SSSR count). The Balaban J connectivity index is 1.19. The maximum atomic E-state index is 13.3. The van der Waals surface area contributed by atoms with Crippen LogP contribution in [0.4, 0.5) is 10.6 Å². The van der Waals surface area contributed by atoms with Crippen molar-refractivity contribution in [2.24, 2.45) is 13.0 Å². The minimum atomic E-state index is -0.704. The van der Waals surface area contributed by atoms with E-state index in [-0.39, 0.29) is 30.3 Å². The van der Waals surface area contributed by atoms with Crippen molar-refractivity contribution < 1.29 is 19.0 Å². The number of ether oxygens (including phenoxy) is 3. The summed E-state index contributed by atoms with van der Waals surface area (Å²) >= 11 is 6.41. The summed E-state index contributed by atoms with van der Waals surface area (Å²) in [5.41, 5.74) is 1.41. The molecule has 1 saturated heterocycles. The molecule has 1 saturated carbocycles. The normalized spacial score (nSPS) is 22.0. The summed E-state index contributed by atoms with van der Waals surface area (Å²) in [6.45, 7) is 12.2. The van der Waals surface area contributed by atoms with Crippen LogP contribution in [0.1, 0.15) is 59.1 Å². The van der Waals surface area contributed by atoms with Gasteiger partial charge in [0.1, 0.15) is 28.8 Å². The SMILES string of the molecule is Cn1ccc(N(CCCN(CCc2ccccc2)C(=O)OC(C)(C)C)C[C@H]2C[C@@H](n3ccc4c(Cl)ncnc43)[C@@H]3OC(C)(C)O[C@H]23)n1. The van der Waals surface area contributed by atoms with E-state index in [2.05, 4.69) is 31.6 Å². The zero-order valence-electron chi connectivity index (χ0n) is 28.2. The first-order valence-electron chi connectivity index (χ1n) is 16.5. The Morgan fingerprint density at radius 3 is 2.53 bits per heavy atom. The van der Waals surface area contributed by atoms with E-state index in [0.29, 0.717) is 24.8 Å². The monoisotopic (exact) mass is 663 g/mol. The number of carbonyl (C=O) groups excluding carboxylic acids is 1. The Morgan fingerprint density at radius 2 is 1.81 bits per heavy atom. The summed E-state index contributed by atoms with van der Waals surface area (Å²) in [5, 5.41) is 6.04. The van der Waals surface area contributed by atoms with Gasteiger partial charge in [-0.15, -0.1) is 0 Å². The smallest absolute Gasteiger partial charge is 0.410 e. The van der Waals surface area contributed by atoms with Gasteiger partial charge in [0, 0.05) is 57.6 Å². The number of halogens is 1. The van der Waals surface area contributed by atoms with Crippen molar-refractivity contribution in [3.63, 3.8) is 0 Å². The maximum Gasteiger partial charge on any atom is 0.410 e. The fraction of sp³-hybridized carbons (Fsp3) is 0.543. The third kappa shape index (κ3) is 7.74. The van der Waals surface area contributed by atoms with Crippen LogP contribution >= 0.6 is 11.6 Å². The van der Waals surface area contributed by atoms with Crippen molar-refractivity contribution in [1.82, 2.24) is 29.2 Å². The van der Waals surface area contributed by atoms with Crippen LogP contribution in [0.15, 0.2) is 61.2 Å². The van der Waals surface area contributed by atoms with Crippen LogP contribution in [0, 0.1) is 5.92 Å². The second kappa shape index (κ2) is 13.4. The molecule has 1 aliphatic heterocycles. The van der Waals surface area contributed by atoms with Crippen molar-refractivity contribution >= 4 is 34.5 Å². The number of benzene rings is 1. The zero-order valence-corrected chi connectivity index (χ0v) is 28.9. The lowest BCUT2D eigenvalue weighted by atomic mass is 10.0. The number of amides is 1. The molecule has 0 bridgehead atoms. The van der Waals surface area contributed by atoms with Gasteiger partial charge >= 0.3 is 6.09 Å². The van der Waals surface area contributed by atoms with Crippen LogP contribution in [0.3, 0.4) is 0 Å². The molecule has 2 aliphatic rings.